The van der Waals surface area contributed by atoms with Crippen LogP contribution in [0.2, 0.25) is 0 Å². The highest BCUT2D eigenvalue weighted by molar-refractivity contribution is 7.98. The molecule has 0 atom stereocenters. The largest absolute Gasteiger partial charge is 0.346 e. The highest BCUT2D eigenvalue weighted by Crippen LogP contribution is 2.14. The summed E-state index contributed by atoms with van der Waals surface area (Å²) in [6.45, 7) is 4.57. The number of benzene rings is 1. The molecule has 0 bridgehead atoms. The zero-order valence-corrected chi connectivity index (χ0v) is 14.3. The van der Waals surface area contributed by atoms with E-state index in [4.69, 9.17) is 5.73 Å². The maximum atomic E-state index is 5.48. The van der Waals surface area contributed by atoms with Gasteiger partial charge in [0.2, 0.25) is 0 Å². The lowest BCUT2D eigenvalue weighted by molar-refractivity contribution is -0.655. The normalized spacial score (nSPS) is 11.0. The second-order valence-electron chi connectivity index (χ2n) is 5.54. The van der Waals surface area contributed by atoms with Crippen molar-refractivity contribution in [3.05, 3.63) is 24.3 Å². The standard InChI is InChI=1S/C17H31N3S/c1-21-17-10-8-16(9-11-17)20-15-6-3-2-5-13-19-14-7-4-12-18/h8-11,19-20H,2-7,12-15,18H2,1H3/p+2. The number of nitrogens with two attached hydrogens (primary N) is 3. The third-order valence-corrected chi connectivity index (χ3v) is 4.46. The molecule has 0 aliphatic heterocycles. The summed E-state index contributed by atoms with van der Waals surface area (Å²) in [4.78, 5) is 1.34. The van der Waals surface area contributed by atoms with E-state index in [1.54, 1.807) is 11.8 Å². The van der Waals surface area contributed by atoms with Crippen LogP contribution in [0.15, 0.2) is 29.2 Å². The molecule has 1 aromatic rings. The predicted molar refractivity (Wildman–Crippen MR) is 93.1 cm³/mol. The molecule has 1 aromatic carbocycles. The van der Waals surface area contributed by atoms with Crippen LogP contribution in [-0.2, 0) is 0 Å². The van der Waals surface area contributed by atoms with Gasteiger partial charge in [-0.15, -0.1) is 11.8 Å². The molecule has 0 spiro atoms. The van der Waals surface area contributed by atoms with Crippen LogP contribution in [0, 0.1) is 0 Å². The smallest absolute Gasteiger partial charge is 0.129 e. The van der Waals surface area contributed by atoms with E-state index >= 15 is 0 Å². The zero-order valence-electron chi connectivity index (χ0n) is 13.5. The van der Waals surface area contributed by atoms with Crippen LogP contribution in [0.1, 0.15) is 38.5 Å². The third kappa shape index (κ3) is 9.91. The molecule has 120 valence electrons. The van der Waals surface area contributed by atoms with Gasteiger partial charge >= 0.3 is 0 Å². The Labute approximate surface area is 134 Å². The van der Waals surface area contributed by atoms with Gasteiger partial charge in [-0.25, -0.2) is 0 Å². The first-order valence-corrected chi connectivity index (χ1v) is 9.58. The summed E-state index contributed by atoms with van der Waals surface area (Å²) in [5, 5.41) is 4.80. The minimum absolute atomic E-state index is 0.838. The summed E-state index contributed by atoms with van der Waals surface area (Å²) in [5.41, 5.74) is 6.84. The molecule has 0 aromatic heterocycles. The van der Waals surface area contributed by atoms with Gasteiger partial charge in [0.1, 0.15) is 5.69 Å². The number of rotatable bonds is 13. The Balaban J connectivity index is 1.88. The predicted octanol–water partition coefficient (Wildman–Crippen LogP) is 1.47. The Bertz CT molecular complexity index is 340. The molecule has 21 heavy (non-hydrogen) atoms. The molecule has 1 rings (SSSR count). The van der Waals surface area contributed by atoms with Crippen molar-refractivity contribution in [2.45, 2.75) is 43.4 Å². The van der Waals surface area contributed by atoms with E-state index in [0.29, 0.717) is 0 Å². The fourth-order valence-corrected chi connectivity index (χ4v) is 2.78. The first-order valence-electron chi connectivity index (χ1n) is 8.36. The molecule has 0 saturated heterocycles. The summed E-state index contributed by atoms with van der Waals surface area (Å²) in [7, 11) is 0. The Morgan fingerprint density at radius 3 is 2.10 bits per heavy atom. The SMILES string of the molecule is CSc1ccc([NH2+]CCCCCC[NH2+]CCCCN)cc1. The molecule has 0 fully saturated rings. The van der Waals surface area contributed by atoms with Crippen LogP contribution < -0.4 is 16.4 Å². The van der Waals surface area contributed by atoms with E-state index in [9.17, 15) is 0 Å². The van der Waals surface area contributed by atoms with Crippen LogP contribution in [0.3, 0.4) is 0 Å². The summed E-state index contributed by atoms with van der Waals surface area (Å²) >= 11 is 1.80. The van der Waals surface area contributed by atoms with Gasteiger partial charge in [-0.05, 0) is 63.5 Å². The van der Waals surface area contributed by atoms with Gasteiger partial charge < -0.3 is 16.4 Å². The van der Waals surface area contributed by atoms with Gasteiger partial charge in [-0.3, -0.25) is 0 Å². The fraction of sp³-hybridized carbons (Fsp3) is 0.647. The van der Waals surface area contributed by atoms with E-state index in [2.05, 4.69) is 41.2 Å². The Kier molecular flexibility index (Phi) is 11.6. The van der Waals surface area contributed by atoms with Crippen LogP contribution in [-0.4, -0.2) is 32.4 Å². The molecule has 0 heterocycles. The van der Waals surface area contributed by atoms with Gasteiger partial charge in [-0.1, -0.05) is 0 Å². The monoisotopic (exact) mass is 311 g/mol. The molecule has 0 aliphatic rings. The fourth-order valence-electron chi connectivity index (χ4n) is 2.37. The van der Waals surface area contributed by atoms with E-state index in [1.165, 1.54) is 68.7 Å². The lowest BCUT2D eigenvalue weighted by Gasteiger charge is -2.03. The zero-order chi connectivity index (χ0) is 15.2. The van der Waals surface area contributed by atoms with Gasteiger partial charge in [0.15, 0.2) is 0 Å². The quantitative estimate of drug-likeness (QED) is 0.293. The second-order valence-corrected chi connectivity index (χ2v) is 6.42. The molecule has 0 saturated carbocycles. The van der Waals surface area contributed by atoms with Crippen LogP contribution in [0.5, 0.6) is 0 Å². The van der Waals surface area contributed by atoms with E-state index in [1.807, 2.05) is 0 Å². The number of unbranched alkanes of at least 4 members (excludes halogenated alkanes) is 4. The lowest BCUT2D eigenvalue weighted by atomic mass is 10.2. The van der Waals surface area contributed by atoms with Crippen molar-refractivity contribution in [2.24, 2.45) is 5.73 Å². The molecular weight excluding hydrogens is 278 g/mol. The van der Waals surface area contributed by atoms with Crippen LogP contribution in [0.25, 0.3) is 0 Å². The number of hydrogen-bond donors (Lipinski definition) is 3. The minimum atomic E-state index is 0.838. The minimum Gasteiger partial charge on any atom is -0.346 e. The topological polar surface area (TPSA) is 59.2 Å². The van der Waals surface area contributed by atoms with Crippen molar-refractivity contribution in [1.82, 2.24) is 0 Å². The molecule has 6 N–H and O–H groups in total. The van der Waals surface area contributed by atoms with E-state index in [-0.39, 0.29) is 0 Å². The van der Waals surface area contributed by atoms with Crippen molar-refractivity contribution in [3.8, 4) is 0 Å². The molecule has 0 amide bonds. The molecule has 4 heteroatoms. The Hall–Kier alpha value is -0.550. The van der Waals surface area contributed by atoms with Crippen LogP contribution >= 0.6 is 11.8 Å². The van der Waals surface area contributed by atoms with Gasteiger partial charge in [-0.2, -0.15) is 0 Å². The summed E-state index contributed by atoms with van der Waals surface area (Å²) in [5.74, 6) is 0. The summed E-state index contributed by atoms with van der Waals surface area (Å²) < 4.78 is 0. The average molecular weight is 312 g/mol. The van der Waals surface area contributed by atoms with Crippen molar-refractivity contribution in [2.75, 3.05) is 32.4 Å². The van der Waals surface area contributed by atoms with Crippen molar-refractivity contribution in [1.29, 1.82) is 0 Å². The van der Waals surface area contributed by atoms with Crippen molar-refractivity contribution in [3.63, 3.8) is 0 Å². The van der Waals surface area contributed by atoms with E-state index < -0.39 is 0 Å². The molecule has 0 aliphatic carbocycles. The number of hydrogen-bond acceptors (Lipinski definition) is 2. The maximum absolute atomic E-state index is 5.48. The Morgan fingerprint density at radius 2 is 1.48 bits per heavy atom. The highest BCUT2D eigenvalue weighted by atomic mass is 32.2. The van der Waals surface area contributed by atoms with Gasteiger partial charge in [0, 0.05) is 17.0 Å². The third-order valence-electron chi connectivity index (χ3n) is 3.72. The molecular formula is C17H33N3S+2. The second kappa shape index (κ2) is 13.1. The lowest BCUT2D eigenvalue weighted by Crippen LogP contribution is -2.84. The summed E-state index contributed by atoms with van der Waals surface area (Å²) in [6, 6.07) is 8.86. The first kappa shape index (κ1) is 18.5. The van der Waals surface area contributed by atoms with Gasteiger partial charge in [0.05, 0.1) is 19.6 Å². The number of quaternary nitrogens is 2. The Morgan fingerprint density at radius 1 is 0.857 bits per heavy atom. The number of thioether (sulfide) groups is 1. The molecule has 3 nitrogen and oxygen atoms in total. The summed E-state index contributed by atoms with van der Waals surface area (Å²) in [6.07, 6.45) is 9.95. The van der Waals surface area contributed by atoms with E-state index in [0.717, 1.165) is 6.54 Å². The first-order chi connectivity index (χ1) is 10.4. The maximum Gasteiger partial charge on any atom is 0.129 e. The highest BCUT2D eigenvalue weighted by Gasteiger charge is 1.98. The molecule has 0 unspecified atom stereocenters. The average Bonchev–Trinajstić information content (AvgIpc) is 2.53. The van der Waals surface area contributed by atoms with Crippen molar-refractivity contribution < 1.29 is 10.6 Å². The van der Waals surface area contributed by atoms with Gasteiger partial charge in [0.25, 0.3) is 0 Å². The van der Waals surface area contributed by atoms with Crippen LogP contribution in [0.4, 0.5) is 5.69 Å². The van der Waals surface area contributed by atoms with Crippen molar-refractivity contribution >= 4 is 17.4 Å². The molecule has 0 radical (unpaired) electrons.